The highest BCUT2D eigenvalue weighted by atomic mass is 16.2. The van der Waals surface area contributed by atoms with Gasteiger partial charge in [-0.05, 0) is 38.5 Å². The lowest BCUT2D eigenvalue weighted by atomic mass is 10.1. The summed E-state index contributed by atoms with van der Waals surface area (Å²) >= 11 is 0. The van der Waals surface area contributed by atoms with E-state index in [1.807, 2.05) is 79.9 Å². The van der Waals surface area contributed by atoms with Gasteiger partial charge in [0.2, 0.25) is 5.82 Å². The third-order valence-corrected chi connectivity index (χ3v) is 4.95. The number of pyridine rings is 1. The van der Waals surface area contributed by atoms with Gasteiger partial charge in [0.15, 0.2) is 0 Å². The van der Waals surface area contributed by atoms with Crippen molar-refractivity contribution in [1.29, 1.82) is 0 Å². The van der Waals surface area contributed by atoms with E-state index in [1.165, 1.54) is 0 Å². The van der Waals surface area contributed by atoms with Gasteiger partial charge in [-0.1, -0.05) is 36.4 Å². The zero-order valence-electron chi connectivity index (χ0n) is 16.8. The molecule has 8 heteroatoms. The standard InChI is InChI=1S/C22H19N7O/c1-13-8-7-11-28-19(13)24-17(16-9-5-4-6-10-16)20(28)26-21(30)18-25-22-23-14(2)12-15(3)29(22)27-18/h4-12H,1-3H3,(H,26,30). The van der Waals surface area contributed by atoms with Crippen LogP contribution in [0.5, 0.6) is 0 Å². The van der Waals surface area contributed by atoms with Crippen LogP contribution in [-0.4, -0.2) is 34.9 Å². The van der Waals surface area contributed by atoms with Crippen molar-refractivity contribution in [3.8, 4) is 11.3 Å². The van der Waals surface area contributed by atoms with Gasteiger partial charge in [-0.2, -0.15) is 4.98 Å². The van der Waals surface area contributed by atoms with Crippen LogP contribution in [0, 0.1) is 20.8 Å². The number of aryl methyl sites for hydroxylation is 3. The fourth-order valence-electron chi connectivity index (χ4n) is 3.55. The van der Waals surface area contributed by atoms with Gasteiger partial charge in [0.25, 0.3) is 11.7 Å². The van der Waals surface area contributed by atoms with Gasteiger partial charge in [0.1, 0.15) is 17.2 Å². The van der Waals surface area contributed by atoms with Crippen LogP contribution in [0.2, 0.25) is 0 Å². The first-order valence-electron chi connectivity index (χ1n) is 9.57. The number of hydrogen-bond acceptors (Lipinski definition) is 5. The van der Waals surface area contributed by atoms with Crippen molar-refractivity contribution < 1.29 is 4.79 Å². The quantitative estimate of drug-likeness (QED) is 0.502. The molecule has 0 aliphatic rings. The fraction of sp³-hybridized carbons (Fsp3) is 0.136. The highest BCUT2D eigenvalue weighted by Crippen LogP contribution is 2.30. The number of nitrogens with one attached hydrogen (secondary N) is 1. The summed E-state index contributed by atoms with van der Waals surface area (Å²) < 4.78 is 3.44. The second-order valence-electron chi connectivity index (χ2n) is 7.20. The third-order valence-electron chi connectivity index (χ3n) is 4.95. The van der Waals surface area contributed by atoms with Crippen molar-refractivity contribution in [3.05, 3.63) is 77.5 Å². The van der Waals surface area contributed by atoms with E-state index >= 15 is 0 Å². The minimum absolute atomic E-state index is 0.0535. The Morgan fingerprint density at radius 3 is 2.57 bits per heavy atom. The largest absolute Gasteiger partial charge is 0.303 e. The van der Waals surface area contributed by atoms with Crippen molar-refractivity contribution in [2.45, 2.75) is 20.8 Å². The second kappa shape index (κ2) is 6.77. The molecule has 1 N–H and O–H groups in total. The molecule has 4 aromatic heterocycles. The molecule has 1 amide bonds. The average molecular weight is 397 g/mol. The summed E-state index contributed by atoms with van der Waals surface area (Å²) in [6.45, 7) is 5.77. The summed E-state index contributed by atoms with van der Waals surface area (Å²) in [7, 11) is 0. The molecule has 0 atom stereocenters. The van der Waals surface area contributed by atoms with Gasteiger partial charge in [0, 0.05) is 23.1 Å². The molecule has 5 rings (SSSR count). The lowest BCUT2D eigenvalue weighted by Gasteiger charge is -2.06. The molecule has 0 saturated heterocycles. The Labute approximate surface area is 172 Å². The maximum atomic E-state index is 13.1. The van der Waals surface area contributed by atoms with Gasteiger partial charge in [-0.3, -0.25) is 9.20 Å². The van der Waals surface area contributed by atoms with E-state index < -0.39 is 5.91 Å². The number of aromatic nitrogens is 6. The Morgan fingerprint density at radius 1 is 0.967 bits per heavy atom. The summed E-state index contributed by atoms with van der Waals surface area (Å²) in [5.41, 5.74) is 5.07. The SMILES string of the molecule is Cc1cc(C)n2nc(C(=O)Nc3c(-c4ccccc4)nc4c(C)cccn34)nc2n1. The van der Waals surface area contributed by atoms with E-state index in [0.29, 0.717) is 17.3 Å². The van der Waals surface area contributed by atoms with E-state index in [9.17, 15) is 4.79 Å². The van der Waals surface area contributed by atoms with Gasteiger partial charge in [-0.15, -0.1) is 5.10 Å². The number of benzene rings is 1. The van der Waals surface area contributed by atoms with Gasteiger partial charge in [-0.25, -0.2) is 14.5 Å². The highest BCUT2D eigenvalue weighted by Gasteiger charge is 2.21. The van der Waals surface area contributed by atoms with Crippen molar-refractivity contribution >= 4 is 23.1 Å². The van der Waals surface area contributed by atoms with Crippen LogP contribution in [0.3, 0.4) is 0 Å². The normalized spacial score (nSPS) is 11.3. The molecule has 0 aliphatic heterocycles. The fourth-order valence-corrected chi connectivity index (χ4v) is 3.55. The average Bonchev–Trinajstić information content (AvgIpc) is 3.32. The number of carbonyl (C=O) groups excluding carboxylic acids is 1. The Bertz CT molecular complexity index is 1420. The number of carbonyl (C=O) groups is 1. The molecule has 0 aliphatic carbocycles. The van der Waals surface area contributed by atoms with Gasteiger partial charge in [0.05, 0.1) is 0 Å². The molecule has 30 heavy (non-hydrogen) atoms. The Kier molecular flexibility index (Phi) is 4.06. The molecule has 0 unspecified atom stereocenters. The number of hydrogen-bond donors (Lipinski definition) is 1. The Morgan fingerprint density at radius 2 is 1.77 bits per heavy atom. The summed E-state index contributed by atoms with van der Waals surface area (Å²) in [6, 6.07) is 15.6. The number of rotatable bonds is 3. The van der Waals surface area contributed by atoms with Crippen LogP contribution in [0.1, 0.15) is 27.6 Å². The molecular formula is C22H19N7O. The monoisotopic (exact) mass is 397 g/mol. The number of anilines is 1. The predicted molar refractivity (Wildman–Crippen MR) is 114 cm³/mol. The Balaban J connectivity index is 1.62. The van der Waals surface area contributed by atoms with Crippen LogP contribution in [-0.2, 0) is 0 Å². The van der Waals surface area contributed by atoms with Crippen molar-refractivity contribution in [2.75, 3.05) is 5.32 Å². The molecule has 8 nitrogen and oxygen atoms in total. The zero-order valence-corrected chi connectivity index (χ0v) is 16.8. The molecule has 5 aromatic rings. The van der Waals surface area contributed by atoms with Gasteiger partial charge < -0.3 is 5.32 Å². The van der Waals surface area contributed by atoms with E-state index in [-0.39, 0.29) is 5.82 Å². The topological polar surface area (TPSA) is 89.5 Å². The third kappa shape index (κ3) is 2.89. The van der Waals surface area contributed by atoms with Crippen LogP contribution < -0.4 is 5.32 Å². The number of nitrogens with zero attached hydrogens (tertiary/aromatic N) is 6. The zero-order chi connectivity index (χ0) is 20.8. The molecule has 0 spiro atoms. The minimum atomic E-state index is -0.418. The first-order valence-corrected chi connectivity index (χ1v) is 9.57. The van der Waals surface area contributed by atoms with Gasteiger partial charge >= 0.3 is 0 Å². The lowest BCUT2D eigenvalue weighted by molar-refractivity contribution is 0.101. The molecule has 0 fully saturated rings. The number of imidazole rings is 1. The van der Waals surface area contributed by atoms with Crippen LogP contribution in [0.25, 0.3) is 22.7 Å². The van der Waals surface area contributed by atoms with E-state index in [2.05, 4.69) is 20.4 Å². The van der Waals surface area contributed by atoms with Crippen LogP contribution >= 0.6 is 0 Å². The summed E-state index contributed by atoms with van der Waals surface area (Å²) in [4.78, 5) is 26.5. The molecule has 0 saturated carbocycles. The smallest absolute Gasteiger partial charge is 0.296 e. The highest BCUT2D eigenvalue weighted by molar-refractivity contribution is 6.03. The summed E-state index contributed by atoms with van der Waals surface area (Å²) in [6.07, 6.45) is 1.88. The minimum Gasteiger partial charge on any atom is -0.303 e. The predicted octanol–water partition coefficient (Wildman–Crippen LogP) is 3.62. The van der Waals surface area contributed by atoms with E-state index in [4.69, 9.17) is 4.98 Å². The first kappa shape index (κ1) is 18.0. The van der Waals surface area contributed by atoms with E-state index in [0.717, 1.165) is 28.2 Å². The van der Waals surface area contributed by atoms with Crippen LogP contribution in [0.15, 0.2) is 54.7 Å². The molecule has 148 valence electrons. The molecule has 1 aromatic carbocycles. The molecule has 4 heterocycles. The summed E-state index contributed by atoms with van der Waals surface area (Å²) in [5, 5.41) is 7.30. The van der Waals surface area contributed by atoms with Crippen LogP contribution in [0.4, 0.5) is 5.82 Å². The second-order valence-corrected chi connectivity index (χ2v) is 7.20. The molecular weight excluding hydrogens is 378 g/mol. The Hall–Kier alpha value is -4.07. The lowest BCUT2D eigenvalue weighted by Crippen LogP contribution is -2.16. The molecule has 0 radical (unpaired) electrons. The first-order chi connectivity index (χ1) is 14.5. The maximum Gasteiger partial charge on any atom is 0.296 e. The maximum absolute atomic E-state index is 13.1. The van der Waals surface area contributed by atoms with Crippen molar-refractivity contribution in [1.82, 2.24) is 29.0 Å². The van der Waals surface area contributed by atoms with Crippen molar-refractivity contribution in [2.24, 2.45) is 0 Å². The summed E-state index contributed by atoms with van der Waals surface area (Å²) in [5.74, 6) is 0.607. The van der Waals surface area contributed by atoms with E-state index in [1.54, 1.807) is 4.52 Å². The van der Waals surface area contributed by atoms with Crippen molar-refractivity contribution in [3.63, 3.8) is 0 Å². The number of fused-ring (bicyclic) bond motifs is 2. The number of amides is 1. The molecule has 0 bridgehead atoms.